The molecule has 0 aliphatic rings. The zero-order chi connectivity index (χ0) is 14.8. The maximum Gasteiger partial charge on any atom is 0.268 e. The highest BCUT2D eigenvalue weighted by molar-refractivity contribution is 7.20. The van der Waals surface area contributed by atoms with E-state index in [-0.39, 0.29) is 11.7 Å². The van der Waals surface area contributed by atoms with Crippen LogP contribution in [-0.4, -0.2) is 12.5 Å². The quantitative estimate of drug-likeness (QED) is 0.686. The van der Waals surface area contributed by atoms with Crippen LogP contribution in [0.5, 0.6) is 0 Å². The highest BCUT2D eigenvalue weighted by atomic mass is 32.1. The van der Waals surface area contributed by atoms with Crippen LogP contribution in [0.15, 0.2) is 54.6 Å². The summed E-state index contributed by atoms with van der Waals surface area (Å²) >= 11 is 1.33. The highest BCUT2D eigenvalue weighted by Gasteiger charge is 2.19. The molecule has 0 saturated heterocycles. The molecule has 21 heavy (non-hydrogen) atoms. The van der Waals surface area contributed by atoms with Crippen molar-refractivity contribution in [2.45, 2.75) is 6.92 Å². The number of nitrogens with zero attached hydrogens (tertiary/aromatic N) is 1. The molecule has 0 aliphatic heterocycles. The number of amides is 1. The van der Waals surface area contributed by atoms with Gasteiger partial charge in [-0.15, -0.1) is 11.3 Å². The van der Waals surface area contributed by atoms with Crippen molar-refractivity contribution in [1.82, 2.24) is 0 Å². The number of rotatable bonds is 3. The second-order valence-electron chi connectivity index (χ2n) is 4.65. The van der Waals surface area contributed by atoms with Crippen molar-refractivity contribution in [3.8, 4) is 0 Å². The first-order valence-electron chi connectivity index (χ1n) is 6.75. The molecular weight excluding hydrogens is 285 g/mol. The minimum Gasteiger partial charge on any atom is -0.308 e. The first kappa shape index (κ1) is 13.8. The molecule has 0 unspecified atom stereocenters. The zero-order valence-electron chi connectivity index (χ0n) is 11.5. The Hall–Kier alpha value is -2.20. The molecule has 0 fully saturated rings. The minimum atomic E-state index is -0.287. The number of benzene rings is 2. The van der Waals surface area contributed by atoms with E-state index in [2.05, 4.69) is 0 Å². The van der Waals surface area contributed by atoms with Gasteiger partial charge < -0.3 is 4.90 Å². The first-order valence-corrected chi connectivity index (χ1v) is 7.57. The van der Waals surface area contributed by atoms with Crippen molar-refractivity contribution < 1.29 is 9.18 Å². The van der Waals surface area contributed by atoms with Crippen molar-refractivity contribution in [2.24, 2.45) is 0 Å². The minimum absolute atomic E-state index is 0.0932. The lowest BCUT2D eigenvalue weighted by Gasteiger charge is -2.20. The van der Waals surface area contributed by atoms with Crippen LogP contribution in [0.2, 0.25) is 0 Å². The number of thiophene rings is 1. The predicted octanol–water partition coefficient (Wildman–Crippen LogP) is 4.71. The van der Waals surface area contributed by atoms with E-state index in [0.717, 1.165) is 10.4 Å². The lowest BCUT2D eigenvalue weighted by atomic mass is 10.2. The van der Waals surface area contributed by atoms with Gasteiger partial charge in [-0.05, 0) is 37.3 Å². The predicted molar refractivity (Wildman–Crippen MR) is 85.6 cm³/mol. The van der Waals surface area contributed by atoms with Gasteiger partial charge in [0.25, 0.3) is 5.91 Å². The van der Waals surface area contributed by atoms with E-state index in [1.54, 1.807) is 17.0 Å². The van der Waals surface area contributed by atoms with Crippen molar-refractivity contribution in [3.05, 3.63) is 65.3 Å². The molecule has 1 amide bonds. The highest BCUT2D eigenvalue weighted by Crippen LogP contribution is 2.29. The fraction of sp³-hybridized carbons (Fsp3) is 0.118. The second-order valence-corrected chi connectivity index (χ2v) is 5.73. The van der Waals surface area contributed by atoms with Crippen molar-refractivity contribution in [2.75, 3.05) is 11.4 Å². The molecule has 0 saturated carbocycles. The number of halogens is 1. The van der Waals surface area contributed by atoms with Gasteiger partial charge in [0, 0.05) is 22.3 Å². The maximum absolute atomic E-state index is 13.8. The number of fused-ring (bicyclic) bond motifs is 1. The van der Waals surface area contributed by atoms with E-state index in [4.69, 9.17) is 0 Å². The Morgan fingerprint density at radius 1 is 1.14 bits per heavy atom. The number of carbonyl (C=O) groups excluding carboxylic acids is 1. The molecule has 0 bridgehead atoms. The number of carbonyl (C=O) groups is 1. The summed E-state index contributed by atoms with van der Waals surface area (Å²) < 4.78 is 14.5. The van der Waals surface area contributed by atoms with E-state index in [1.165, 1.54) is 17.4 Å². The molecule has 1 heterocycles. The summed E-state index contributed by atoms with van der Waals surface area (Å²) in [5.74, 6) is -0.380. The smallest absolute Gasteiger partial charge is 0.268 e. The SMILES string of the molecule is CCN(C(=O)c1cc2c(F)cccc2s1)c1ccccc1. The number of hydrogen-bond donors (Lipinski definition) is 0. The summed E-state index contributed by atoms with van der Waals surface area (Å²) in [6.07, 6.45) is 0. The average Bonchev–Trinajstić information content (AvgIpc) is 2.95. The maximum atomic E-state index is 13.8. The van der Waals surface area contributed by atoms with Crippen LogP contribution in [0.3, 0.4) is 0 Å². The molecule has 0 spiro atoms. The largest absolute Gasteiger partial charge is 0.308 e. The van der Waals surface area contributed by atoms with E-state index >= 15 is 0 Å². The van der Waals surface area contributed by atoms with Crippen molar-refractivity contribution in [1.29, 1.82) is 0 Å². The molecule has 3 aromatic rings. The van der Waals surface area contributed by atoms with Gasteiger partial charge in [0.2, 0.25) is 0 Å². The van der Waals surface area contributed by atoms with Crippen molar-refractivity contribution in [3.63, 3.8) is 0 Å². The van der Waals surface area contributed by atoms with Gasteiger partial charge in [-0.1, -0.05) is 24.3 Å². The summed E-state index contributed by atoms with van der Waals surface area (Å²) in [6.45, 7) is 2.50. The number of para-hydroxylation sites is 1. The van der Waals surface area contributed by atoms with E-state index in [1.807, 2.05) is 43.3 Å². The Labute approximate surface area is 126 Å². The molecule has 3 rings (SSSR count). The van der Waals surface area contributed by atoms with Crippen LogP contribution < -0.4 is 4.90 Å². The molecule has 0 aliphatic carbocycles. The molecule has 106 valence electrons. The van der Waals surface area contributed by atoms with Crippen LogP contribution in [-0.2, 0) is 0 Å². The van der Waals surface area contributed by atoms with Gasteiger partial charge in [-0.3, -0.25) is 4.79 Å². The Balaban J connectivity index is 2.01. The van der Waals surface area contributed by atoms with Gasteiger partial charge in [-0.25, -0.2) is 4.39 Å². The van der Waals surface area contributed by atoms with Crippen LogP contribution in [0.4, 0.5) is 10.1 Å². The number of hydrogen-bond acceptors (Lipinski definition) is 2. The zero-order valence-corrected chi connectivity index (χ0v) is 12.4. The van der Waals surface area contributed by atoms with Gasteiger partial charge >= 0.3 is 0 Å². The third-order valence-electron chi connectivity index (χ3n) is 3.35. The molecular formula is C17H14FNOS. The fourth-order valence-electron chi connectivity index (χ4n) is 2.32. The van der Waals surface area contributed by atoms with Gasteiger partial charge in [0.05, 0.1) is 4.88 Å². The van der Waals surface area contributed by atoms with Crippen LogP contribution in [0.1, 0.15) is 16.6 Å². The lowest BCUT2D eigenvalue weighted by Crippen LogP contribution is -2.29. The Morgan fingerprint density at radius 3 is 2.57 bits per heavy atom. The van der Waals surface area contributed by atoms with Gasteiger partial charge in [-0.2, -0.15) is 0 Å². The molecule has 2 aromatic carbocycles. The van der Waals surface area contributed by atoms with E-state index < -0.39 is 0 Å². The van der Waals surface area contributed by atoms with E-state index in [9.17, 15) is 9.18 Å². The summed E-state index contributed by atoms with van der Waals surface area (Å²) in [5.41, 5.74) is 0.850. The molecule has 4 heteroatoms. The Kier molecular flexibility index (Phi) is 3.71. The van der Waals surface area contributed by atoms with Crippen LogP contribution in [0, 0.1) is 5.82 Å². The Morgan fingerprint density at radius 2 is 1.90 bits per heavy atom. The summed E-state index contributed by atoms with van der Waals surface area (Å²) in [4.78, 5) is 14.9. The molecule has 1 aromatic heterocycles. The monoisotopic (exact) mass is 299 g/mol. The normalized spacial score (nSPS) is 10.8. The third kappa shape index (κ3) is 2.54. The average molecular weight is 299 g/mol. The van der Waals surface area contributed by atoms with Gasteiger partial charge in [0.15, 0.2) is 0 Å². The third-order valence-corrected chi connectivity index (χ3v) is 4.44. The standard InChI is InChI=1S/C17H14FNOS/c1-2-19(12-7-4-3-5-8-12)17(20)16-11-13-14(18)9-6-10-15(13)21-16/h3-11H,2H2,1H3. The molecule has 0 N–H and O–H groups in total. The Bertz CT molecular complexity index is 782. The summed E-state index contributed by atoms with van der Waals surface area (Å²) in [7, 11) is 0. The molecule has 0 atom stereocenters. The summed E-state index contributed by atoms with van der Waals surface area (Å²) in [5, 5.41) is 0.509. The topological polar surface area (TPSA) is 20.3 Å². The molecule has 0 radical (unpaired) electrons. The van der Waals surface area contributed by atoms with Crippen molar-refractivity contribution >= 4 is 33.0 Å². The fourth-order valence-corrected chi connectivity index (χ4v) is 3.34. The van der Waals surface area contributed by atoms with E-state index in [0.29, 0.717) is 16.8 Å². The van der Waals surface area contributed by atoms with Crippen LogP contribution in [0.25, 0.3) is 10.1 Å². The lowest BCUT2D eigenvalue weighted by molar-refractivity contribution is 0.0992. The van der Waals surface area contributed by atoms with Crippen LogP contribution >= 0.6 is 11.3 Å². The first-order chi connectivity index (χ1) is 10.2. The summed E-state index contributed by atoms with van der Waals surface area (Å²) in [6, 6.07) is 16.1. The second kappa shape index (κ2) is 5.66. The molecule has 2 nitrogen and oxygen atoms in total. The number of anilines is 1. The van der Waals surface area contributed by atoms with Gasteiger partial charge in [0.1, 0.15) is 5.82 Å².